The van der Waals surface area contributed by atoms with Crippen molar-refractivity contribution in [2.75, 3.05) is 32.8 Å². The van der Waals surface area contributed by atoms with Gasteiger partial charge in [-0.1, -0.05) is 13.8 Å². The minimum atomic E-state index is -3.41. The molecule has 0 unspecified atom stereocenters. The molecular weight excluding hydrogens is 416 g/mol. The normalized spacial score (nSPS) is 20.3. The maximum Gasteiger partial charge on any atom is 0.223 e. The molecule has 2 fully saturated rings. The predicted molar refractivity (Wildman–Crippen MR) is 119 cm³/mol. The van der Waals surface area contributed by atoms with Crippen molar-refractivity contribution in [2.45, 2.75) is 44.3 Å². The number of aliphatic hydroxyl groups is 1. The summed E-state index contributed by atoms with van der Waals surface area (Å²) in [4.78, 5) is 21.6. The van der Waals surface area contributed by atoms with Gasteiger partial charge in [0, 0.05) is 57.0 Å². The smallest absolute Gasteiger partial charge is 0.223 e. The van der Waals surface area contributed by atoms with Crippen LogP contribution < -0.4 is 0 Å². The zero-order valence-electron chi connectivity index (χ0n) is 18.2. The van der Waals surface area contributed by atoms with E-state index in [9.17, 15) is 18.3 Å². The Hall–Kier alpha value is -1.97. The summed E-state index contributed by atoms with van der Waals surface area (Å²) in [5, 5.41) is 10.0. The number of pyridine rings is 1. The molecule has 0 aromatic carbocycles. The van der Waals surface area contributed by atoms with Crippen molar-refractivity contribution in [3.8, 4) is 0 Å². The van der Waals surface area contributed by atoms with Crippen molar-refractivity contribution >= 4 is 27.0 Å². The number of fused-ring (bicyclic) bond motifs is 1. The number of sulfonamides is 1. The fourth-order valence-electron chi connectivity index (χ4n) is 4.64. The molecule has 0 radical (unpaired) electrons. The van der Waals surface area contributed by atoms with Crippen LogP contribution >= 0.6 is 0 Å². The summed E-state index contributed by atoms with van der Waals surface area (Å²) in [5.74, 6) is 0.382. The molecule has 4 heterocycles. The highest BCUT2D eigenvalue weighted by Crippen LogP contribution is 2.34. The molecule has 1 amide bonds. The highest BCUT2D eigenvalue weighted by Gasteiger charge is 2.44. The Morgan fingerprint density at radius 1 is 1.29 bits per heavy atom. The lowest BCUT2D eigenvalue weighted by atomic mass is 9.90. The number of nitrogens with zero attached hydrogens (tertiary/aromatic N) is 3. The van der Waals surface area contributed by atoms with E-state index >= 15 is 0 Å². The summed E-state index contributed by atoms with van der Waals surface area (Å²) in [6.07, 6.45) is 5.59. The molecule has 2 aliphatic heterocycles. The lowest BCUT2D eigenvalue weighted by molar-refractivity contribution is -0.136. The molecule has 8 nitrogen and oxygen atoms in total. The Morgan fingerprint density at radius 3 is 2.65 bits per heavy atom. The largest absolute Gasteiger partial charge is 0.396 e. The number of nitrogens with one attached hydrogen (secondary N) is 1. The number of hydrogen-bond donors (Lipinski definition) is 2. The number of aromatic nitrogens is 2. The van der Waals surface area contributed by atoms with Gasteiger partial charge in [-0.05, 0) is 48.3 Å². The fraction of sp³-hybridized carbons (Fsp3) is 0.636. The van der Waals surface area contributed by atoms with Crippen LogP contribution in [0.2, 0.25) is 0 Å². The average Bonchev–Trinajstić information content (AvgIpc) is 3.14. The molecule has 0 bridgehead atoms. The fourth-order valence-corrected chi connectivity index (χ4v) is 6.52. The first-order chi connectivity index (χ1) is 14.8. The summed E-state index contributed by atoms with van der Waals surface area (Å²) >= 11 is 0. The number of aromatic amines is 1. The first-order valence-corrected chi connectivity index (χ1v) is 12.6. The van der Waals surface area contributed by atoms with Crippen LogP contribution in [0.1, 0.15) is 44.6 Å². The van der Waals surface area contributed by atoms with Gasteiger partial charge in [-0.2, -0.15) is 0 Å². The van der Waals surface area contributed by atoms with Gasteiger partial charge in [0.25, 0.3) is 0 Å². The SMILES string of the molecule is CC(C)[C@H](CO)CC(=O)N1CC(S(=O)(=O)N2CCC(c3c[nH]c4ncccc34)CC2)C1. The van der Waals surface area contributed by atoms with Gasteiger partial charge in [-0.25, -0.2) is 17.7 Å². The number of likely N-dealkylation sites (tertiary alicyclic amines) is 1. The first kappa shape index (κ1) is 22.2. The van der Waals surface area contributed by atoms with E-state index in [0.717, 1.165) is 23.9 Å². The van der Waals surface area contributed by atoms with Gasteiger partial charge in [0.05, 0.1) is 0 Å². The van der Waals surface area contributed by atoms with Crippen molar-refractivity contribution in [1.82, 2.24) is 19.2 Å². The predicted octanol–water partition coefficient (Wildman–Crippen LogP) is 1.94. The summed E-state index contributed by atoms with van der Waals surface area (Å²) in [6.45, 7) is 5.45. The van der Waals surface area contributed by atoms with Crippen molar-refractivity contribution in [3.05, 3.63) is 30.1 Å². The zero-order chi connectivity index (χ0) is 22.2. The van der Waals surface area contributed by atoms with E-state index in [1.807, 2.05) is 26.1 Å². The molecule has 2 aliphatic rings. The number of amides is 1. The van der Waals surface area contributed by atoms with E-state index in [1.54, 1.807) is 15.4 Å². The van der Waals surface area contributed by atoms with Crippen molar-refractivity contribution in [2.24, 2.45) is 11.8 Å². The number of aliphatic hydroxyl groups excluding tert-OH is 1. The second-order valence-electron chi connectivity index (χ2n) is 9.17. The quantitative estimate of drug-likeness (QED) is 0.673. The number of hydrogen-bond acceptors (Lipinski definition) is 5. The molecule has 2 aromatic rings. The Morgan fingerprint density at radius 2 is 2.00 bits per heavy atom. The number of H-pyrrole nitrogens is 1. The van der Waals surface area contributed by atoms with Crippen LogP contribution in [0.4, 0.5) is 0 Å². The lowest BCUT2D eigenvalue weighted by Crippen LogP contribution is -2.60. The van der Waals surface area contributed by atoms with Crippen LogP contribution in [0.5, 0.6) is 0 Å². The summed E-state index contributed by atoms with van der Waals surface area (Å²) in [6, 6.07) is 3.98. The molecule has 2 saturated heterocycles. The van der Waals surface area contributed by atoms with Crippen molar-refractivity contribution in [1.29, 1.82) is 0 Å². The molecule has 9 heteroatoms. The Balaban J connectivity index is 1.31. The van der Waals surface area contributed by atoms with Crippen LogP contribution in [0.25, 0.3) is 11.0 Å². The number of carbonyl (C=O) groups is 1. The van der Waals surface area contributed by atoms with Crippen LogP contribution in [0.15, 0.2) is 24.5 Å². The van der Waals surface area contributed by atoms with Crippen LogP contribution in [-0.2, 0) is 14.8 Å². The standard InChI is InChI=1S/C22H32N4O4S/c1-15(2)17(14-27)10-21(28)25-12-18(13-25)31(29,30)26-8-5-16(6-9-26)20-11-24-22-19(20)4-3-7-23-22/h3-4,7,11,15-18,27H,5-6,8-10,12-14H2,1-2H3,(H,23,24)/t17-/m0/s1. The highest BCUT2D eigenvalue weighted by atomic mass is 32.2. The maximum atomic E-state index is 13.1. The van der Waals surface area contributed by atoms with E-state index in [-0.39, 0.29) is 43.9 Å². The molecule has 1 atom stereocenters. The van der Waals surface area contributed by atoms with E-state index in [4.69, 9.17) is 0 Å². The molecule has 170 valence electrons. The third-order valence-corrected chi connectivity index (χ3v) is 9.20. The Labute approximate surface area is 183 Å². The van der Waals surface area contributed by atoms with E-state index < -0.39 is 15.3 Å². The van der Waals surface area contributed by atoms with Gasteiger partial charge >= 0.3 is 0 Å². The van der Waals surface area contributed by atoms with E-state index in [1.165, 1.54) is 5.56 Å². The van der Waals surface area contributed by atoms with Gasteiger partial charge < -0.3 is 15.0 Å². The molecule has 0 aliphatic carbocycles. The summed E-state index contributed by atoms with van der Waals surface area (Å²) < 4.78 is 27.7. The summed E-state index contributed by atoms with van der Waals surface area (Å²) in [5.41, 5.74) is 2.08. The molecule has 2 N–H and O–H groups in total. The van der Waals surface area contributed by atoms with Crippen LogP contribution in [0.3, 0.4) is 0 Å². The van der Waals surface area contributed by atoms with Crippen molar-refractivity contribution < 1.29 is 18.3 Å². The van der Waals surface area contributed by atoms with E-state index in [0.29, 0.717) is 19.0 Å². The summed E-state index contributed by atoms with van der Waals surface area (Å²) in [7, 11) is -3.41. The van der Waals surface area contributed by atoms with E-state index in [2.05, 4.69) is 16.0 Å². The number of carbonyl (C=O) groups excluding carboxylic acids is 1. The molecule has 2 aromatic heterocycles. The number of rotatable bonds is 7. The van der Waals surface area contributed by atoms with Crippen LogP contribution in [-0.4, -0.2) is 76.6 Å². The minimum Gasteiger partial charge on any atom is -0.396 e. The van der Waals surface area contributed by atoms with Gasteiger partial charge in [0.1, 0.15) is 10.9 Å². The monoisotopic (exact) mass is 448 g/mol. The second-order valence-corrected chi connectivity index (χ2v) is 11.4. The van der Waals surface area contributed by atoms with Gasteiger partial charge in [-0.3, -0.25) is 4.79 Å². The third kappa shape index (κ3) is 4.36. The molecule has 31 heavy (non-hydrogen) atoms. The third-order valence-electron chi connectivity index (χ3n) is 6.97. The molecule has 0 spiro atoms. The van der Waals surface area contributed by atoms with Gasteiger partial charge in [0.2, 0.25) is 15.9 Å². The molecular formula is C22H32N4O4S. The van der Waals surface area contributed by atoms with Crippen molar-refractivity contribution in [3.63, 3.8) is 0 Å². The average molecular weight is 449 g/mol. The first-order valence-electron chi connectivity index (χ1n) is 11.1. The van der Waals surface area contributed by atoms with Gasteiger partial charge in [-0.15, -0.1) is 0 Å². The minimum absolute atomic E-state index is 0.0274. The second kappa shape index (κ2) is 8.88. The van der Waals surface area contributed by atoms with Crippen LogP contribution in [0, 0.1) is 11.8 Å². The highest BCUT2D eigenvalue weighted by molar-refractivity contribution is 7.89. The zero-order valence-corrected chi connectivity index (χ0v) is 19.0. The number of piperidine rings is 1. The topological polar surface area (TPSA) is 107 Å². The lowest BCUT2D eigenvalue weighted by Gasteiger charge is -2.42. The molecule has 4 rings (SSSR count). The van der Waals surface area contributed by atoms with Gasteiger partial charge in [0.15, 0.2) is 0 Å². The maximum absolute atomic E-state index is 13.1. The Bertz CT molecular complexity index is 1020. The molecule has 0 saturated carbocycles. The Kier molecular flexibility index (Phi) is 6.37.